The van der Waals surface area contributed by atoms with E-state index >= 15 is 0 Å². The molecule has 0 aliphatic heterocycles. The van der Waals surface area contributed by atoms with Crippen molar-refractivity contribution in [1.29, 1.82) is 0 Å². The number of hydrogen-bond donors (Lipinski definition) is 2. The van der Waals surface area contributed by atoms with Crippen LogP contribution < -0.4 is 10.6 Å². The molecule has 3 rings (SSSR count). The van der Waals surface area contributed by atoms with Crippen LogP contribution in [0.3, 0.4) is 0 Å². The third kappa shape index (κ3) is 5.19. The number of aryl methyl sites for hydroxylation is 1. The molecule has 3 nitrogen and oxygen atoms in total. The summed E-state index contributed by atoms with van der Waals surface area (Å²) in [6, 6.07) is 24.1. The number of nitrogens with two attached hydrogens (primary N) is 1. The third-order valence-electron chi connectivity index (χ3n) is 4.66. The van der Waals surface area contributed by atoms with Gasteiger partial charge in [0.2, 0.25) is 0 Å². The largest absolute Gasteiger partial charge is 0.337 e. The van der Waals surface area contributed by atoms with E-state index in [4.69, 9.17) is 11.6 Å². The Bertz CT molecular complexity index is 907. The molecule has 0 saturated carbocycles. The lowest BCUT2D eigenvalue weighted by Crippen LogP contribution is -2.83. The number of carbonyl (C=O) groups excluding carboxylic acids is 1. The van der Waals surface area contributed by atoms with Crippen LogP contribution in [0.2, 0.25) is 5.02 Å². The highest BCUT2D eigenvalue weighted by atomic mass is 35.5. The van der Waals surface area contributed by atoms with Gasteiger partial charge in [0.1, 0.15) is 12.6 Å². The Hall–Kier alpha value is -2.62. The van der Waals surface area contributed by atoms with Gasteiger partial charge in [-0.1, -0.05) is 54.1 Å². The predicted molar refractivity (Wildman–Crippen MR) is 111 cm³/mol. The summed E-state index contributed by atoms with van der Waals surface area (Å²) in [6.45, 7) is 4.99. The molecule has 4 heteroatoms. The Morgan fingerprint density at radius 2 is 1.74 bits per heavy atom. The second kappa shape index (κ2) is 8.85. The number of carbonyl (C=O) groups is 1. The Labute approximate surface area is 165 Å². The molecule has 1 amide bonds. The van der Waals surface area contributed by atoms with Crippen LogP contribution >= 0.6 is 11.6 Å². The van der Waals surface area contributed by atoms with Gasteiger partial charge in [-0.2, -0.15) is 0 Å². The molecule has 0 heterocycles. The van der Waals surface area contributed by atoms with Gasteiger partial charge in [-0.15, -0.1) is 0 Å². The van der Waals surface area contributed by atoms with Gasteiger partial charge in [-0.3, -0.25) is 4.79 Å². The van der Waals surface area contributed by atoms with E-state index in [0.29, 0.717) is 16.6 Å². The molecule has 3 aromatic rings. The standard InChI is InChI=1S/C23H23ClN2O/c1-16-14-21(12-13-22(16)24)26-23(27)20-10-8-18(9-11-20)15-25-17(2)19-6-4-3-5-7-19/h3-14,17,25H,15H2,1-2H3,(H,26,27)/p+1/t17-/m1/s1. The monoisotopic (exact) mass is 379 g/mol. The van der Waals surface area contributed by atoms with Gasteiger partial charge in [0.15, 0.2) is 0 Å². The van der Waals surface area contributed by atoms with Crippen LogP contribution in [-0.2, 0) is 6.54 Å². The van der Waals surface area contributed by atoms with Gasteiger partial charge in [-0.05, 0) is 49.7 Å². The van der Waals surface area contributed by atoms with E-state index < -0.39 is 0 Å². The number of hydrogen-bond acceptors (Lipinski definition) is 1. The van der Waals surface area contributed by atoms with Crippen molar-refractivity contribution in [2.24, 2.45) is 0 Å². The molecule has 3 N–H and O–H groups in total. The zero-order valence-electron chi connectivity index (χ0n) is 15.6. The first kappa shape index (κ1) is 19.2. The summed E-state index contributed by atoms with van der Waals surface area (Å²) in [7, 11) is 0. The van der Waals surface area contributed by atoms with E-state index in [9.17, 15) is 4.79 Å². The van der Waals surface area contributed by atoms with Gasteiger partial charge < -0.3 is 10.6 Å². The number of benzene rings is 3. The Morgan fingerprint density at radius 3 is 2.41 bits per heavy atom. The van der Waals surface area contributed by atoms with Crippen molar-refractivity contribution in [1.82, 2.24) is 0 Å². The molecule has 27 heavy (non-hydrogen) atoms. The summed E-state index contributed by atoms with van der Waals surface area (Å²) in [5, 5.41) is 5.90. The zero-order chi connectivity index (χ0) is 19.2. The maximum absolute atomic E-state index is 12.4. The number of quaternary nitrogens is 1. The first-order valence-corrected chi connectivity index (χ1v) is 9.45. The first-order chi connectivity index (χ1) is 13.0. The molecule has 3 aromatic carbocycles. The number of amides is 1. The normalized spacial score (nSPS) is 11.8. The topological polar surface area (TPSA) is 45.7 Å². The van der Waals surface area contributed by atoms with Crippen molar-refractivity contribution in [2.75, 3.05) is 5.32 Å². The van der Waals surface area contributed by atoms with Gasteiger partial charge in [0, 0.05) is 27.4 Å². The third-order valence-corrected chi connectivity index (χ3v) is 5.09. The molecule has 0 fully saturated rings. The Kier molecular flexibility index (Phi) is 6.28. The average Bonchev–Trinajstić information content (AvgIpc) is 2.70. The molecular formula is C23H24ClN2O+. The van der Waals surface area contributed by atoms with Gasteiger partial charge in [-0.25, -0.2) is 0 Å². The van der Waals surface area contributed by atoms with Crippen LogP contribution in [0.4, 0.5) is 5.69 Å². The molecule has 0 bridgehead atoms. The molecule has 0 saturated heterocycles. The molecule has 1 atom stereocenters. The van der Waals surface area contributed by atoms with Crippen molar-refractivity contribution in [3.05, 3.63) is 100 Å². The highest BCUT2D eigenvalue weighted by Gasteiger charge is 2.10. The van der Waals surface area contributed by atoms with E-state index in [2.05, 4.69) is 41.8 Å². The Balaban J connectivity index is 1.57. The summed E-state index contributed by atoms with van der Waals surface area (Å²) >= 11 is 6.03. The van der Waals surface area contributed by atoms with Crippen LogP contribution in [-0.4, -0.2) is 5.91 Å². The van der Waals surface area contributed by atoms with Crippen LogP contribution in [0.5, 0.6) is 0 Å². The quantitative estimate of drug-likeness (QED) is 0.639. The molecule has 0 spiro atoms. The lowest BCUT2D eigenvalue weighted by Gasteiger charge is -2.11. The number of rotatable bonds is 6. The van der Waals surface area contributed by atoms with E-state index in [0.717, 1.165) is 17.8 Å². The molecule has 138 valence electrons. The number of halogens is 1. The highest BCUT2D eigenvalue weighted by molar-refractivity contribution is 6.31. The van der Waals surface area contributed by atoms with E-state index in [1.54, 1.807) is 6.07 Å². The average molecular weight is 380 g/mol. The second-order valence-electron chi connectivity index (χ2n) is 6.75. The fourth-order valence-corrected chi connectivity index (χ4v) is 3.04. The van der Waals surface area contributed by atoms with Crippen molar-refractivity contribution in [3.8, 4) is 0 Å². The summed E-state index contributed by atoms with van der Waals surface area (Å²) in [5.74, 6) is -0.120. The molecule has 0 radical (unpaired) electrons. The second-order valence-corrected chi connectivity index (χ2v) is 7.16. The predicted octanol–water partition coefficient (Wildman–Crippen LogP) is 4.73. The maximum atomic E-state index is 12.4. The van der Waals surface area contributed by atoms with Crippen molar-refractivity contribution < 1.29 is 10.1 Å². The fourth-order valence-electron chi connectivity index (χ4n) is 2.92. The molecular weight excluding hydrogens is 356 g/mol. The van der Waals surface area contributed by atoms with Crippen molar-refractivity contribution in [2.45, 2.75) is 26.4 Å². The Morgan fingerprint density at radius 1 is 1.04 bits per heavy atom. The van der Waals surface area contributed by atoms with Crippen LogP contribution in [0.25, 0.3) is 0 Å². The van der Waals surface area contributed by atoms with Gasteiger partial charge >= 0.3 is 0 Å². The lowest BCUT2D eigenvalue weighted by atomic mass is 10.1. The van der Waals surface area contributed by atoms with Crippen molar-refractivity contribution >= 4 is 23.2 Å². The van der Waals surface area contributed by atoms with E-state index in [1.165, 1.54) is 11.1 Å². The van der Waals surface area contributed by atoms with E-state index in [-0.39, 0.29) is 5.91 Å². The van der Waals surface area contributed by atoms with E-state index in [1.807, 2.05) is 49.4 Å². The van der Waals surface area contributed by atoms with Crippen LogP contribution in [0.1, 0.15) is 40.0 Å². The minimum atomic E-state index is -0.120. The maximum Gasteiger partial charge on any atom is 0.255 e. The summed E-state index contributed by atoms with van der Waals surface area (Å²) in [6.07, 6.45) is 0. The first-order valence-electron chi connectivity index (χ1n) is 9.07. The molecule has 0 unspecified atom stereocenters. The minimum Gasteiger partial charge on any atom is -0.337 e. The smallest absolute Gasteiger partial charge is 0.255 e. The number of nitrogens with one attached hydrogen (secondary N) is 1. The summed E-state index contributed by atoms with van der Waals surface area (Å²) in [4.78, 5) is 12.4. The lowest BCUT2D eigenvalue weighted by molar-refractivity contribution is -0.707. The summed E-state index contributed by atoms with van der Waals surface area (Å²) < 4.78 is 0. The van der Waals surface area contributed by atoms with Gasteiger partial charge in [0.05, 0.1) is 0 Å². The molecule has 0 aliphatic carbocycles. The highest BCUT2D eigenvalue weighted by Crippen LogP contribution is 2.20. The van der Waals surface area contributed by atoms with Crippen LogP contribution in [0, 0.1) is 6.92 Å². The molecule has 0 aliphatic rings. The SMILES string of the molecule is Cc1cc(NC(=O)c2ccc(C[NH2+][C@H](C)c3ccccc3)cc2)ccc1Cl. The number of anilines is 1. The summed E-state index contributed by atoms with van der Waals surface area (Å²) in [5.41, 5.74) is 4.83. The zero-order valence-corrected chi connectivity index (χ0v) is 16.3. The fraction of sp³-hybridized carbons (Fsp3) is 0.174. The van der Waals surface area contributed by atoms with Gasteiger partial charge in [0.25, 0.3) is 5.91 Å². The van der Waals surface area contributed by atoms with Crippen LogP contribution in [0.15, 0.2) is 72.8 Å². The van der Waals surface area contributed by atoms with Crippen molar-refractivity contribution in [3.63, 3.8) is 0 Å². The minimum absolute atomic E-state index is 0.120. The molecule has 0 aromatic heterocycles.